The SMILES string of the molecule is BrP(CC1OCCO1)(c1ccccc1)(c1ccccc1)c1ccccc1. The molecule has 1 aliphatic rings. The minimum absolute atomic E-state index is 0.215. The number of halogens is 1. The van der Waals surface area contributed by atoms with Crippen LogP contribution in [0.3, 0.4) is 0 Å². The zero-order valence-electron chi connectivity index (χ0n) is 14.5. The first kappa shape index (κ1) is 17.9. The number of hydrogen-bond acceptors (Lipinski definition) is 2. The third kappa shape index (κ3) is 2.93. The predicted octanol–water partition coefficient (Wildman–Crippen LogP) is 4.20. The van der Waals surface area contributed by atoms with Gasteiger partial charge in [0.15, 0.2) is 0 Å². The molecule has 1 heterocycles. The van der Waals surface area contributed by atoms with Gasteiger partial charge in [-0.05, 0) is 0 Å². The van der Waals surface area contributed by atoms with E-state index in [-0.39, 0.29) is 6.29 Å². The zero-order valence-corrected chi connectivity index (χ0v) is 17.0. The van der Waals surface area contributed by atoms with Gasteiger partial charge in [0.1, 0.15) is 0 Å². The number of ether oxygens (including phenoxy) is 2. The van der Waals surface area contributed by atoms with E-state index in [0.29, 0.717) is 13.2 Å². The molecule has 1 saturated heterocycles. The molecular formula is C22H22BrO2P. The van der Waals surface area contributed by atoms with Crippen molar-refractivity contribution in [2.45, 2.75) is 6.29 Å². The third-order valence-corrected chi connectivity index (χ3v) is 14.7. The van der Waals surface area contributed by atoms with E-state index in [0.717, 1.165) is 6.16 Å². The van der Waals surface area contributed by atoms with Crippen molar-refractivity contribution in [3.05, 3.63) is 91.0 Å². The summed E-state index contributed by atoms with van der Waals surface area (Å²) in [6.45, 7) is 1.31. The average Bonchev–Trinajstić information content (AvgIpc) is 3.23. The van der Waals surface area contributed by atoms with Gasteiger partial charge in [-0.1, -0.05) is 0 Å². The molecule has 2 nitrogen and oxygen atoms in total. The van der Waals surface area contributed by atoms with Crippen molar-refractivity contribution in [2.24, 2.45) is 0 Å². The van der Waals surface area contributed by atoms with E-state index in [1.54, 1.807) is 0 Å². The molecule has 0 bridgehead atoms. The quantitative estimate of drug-likeness (QED) is 0.567. The van der Waals surface area contributed by atoms with Crippen molar-refractivity contribution in [3.8, 4) is 0 Å². The fourth-order valence-electron chi connectivity index (χ4n) is 3.77. The number of rotatable bonds is 5. The van der Waals surface area contributed by atoms with Crippen LogP contribution in [0.25, 0.3) is 0 Å². The molecule has 0 aromatic heterocycles. The van der Waals surface area contributed by atoms with Crippen LogP contribution in [0.4, 0.5) is 0 Å². The van der Waals surface area contributed by atoms with Gasteiger partial charge in [0.25, 0.3) is 0 Å². The van der Waals surface area contributed by atoms with E-state index in [4.69, 9.17) is 9.47 Å². The van der Waals surface area contributed by atoms with Crippen molar-refractivity contribution in [3.63, 3.8) is 0 Å². The van der Waals surface area contributed by atoms with Crippen molar-refractivity contribution >= 4 is 36.7 Å². The molecule has 3 aromatic rings. The Hall–Kier alpha value is -1.51. The second kappa shape index (κ2) is 7.25. The summed E-state index contributed by atoms with van der Waals surface area (Å²) in [6.07, 6.45) is 0.552. The Morgan fingerprint density at radius 1 is 0.654 bits per heavy atom. The summed E-state index contributed by atoms with van der Waals surface area (Å²) in [5, 5.41) is 0.922. The Morgan fingerprint density at radius 3 is 1.35 bits per heavy atom. The second-order valence-electron chi connectivity index (χ2n) is 6.54. The number of hydrogen-bond donors (Lipinski definition) is 0. The maximum absolute atomic E-state index is 5.92. The first-order valence-corrected chi connectivity index (χ1v) is 13.3. The molecule has 1 fully saturated rings. The molecule has 1 aliphatic heterocycles. The van der Waals surface area contributed by atoms with Crippen molar-refractivity contribution < 1.29 is 9.47 Å². The molecule has 0 atom stereocenters. The second-order valence-corrected chi connectivity index (χ2v) is 15.5. The Bertz CT molecular complexity index is 750. The molecule has 0 radical (unpaired) electrons. The summed E-state index contributed by atoms with van der Waals surface area (Å²) in [6, 6.07) is 32.2. The van der Waals surface area contributed by atoms with Crippen LogP contribution in [-0.4, -0.2) is 25.7 Å². The summed E-state index contributed by atoms with van der Waals surface area (Å²) in [5.41, 5.74) is 0. The normalized spacial score (nSPS) is 16.9. The summed E-state index contributed by atoms with van der Waals surface area (Å²) >= 11 is 4.40. The summed E-state index contributed by atoms with van der Waals surface area (Å²) in [5.74, 6) is 0. The molecule has 26 heavy (non-hydrogen) atoms. The monoisotopic (exact) mass is 428 g/mol. The van der Waals surface area contributed by atoms with Crippen molar-refractivity contribution in [1.29, 1.82) is 0 Å². The van der Waals surface area contributed by atoms with Crippen LogP contribution in [0.1, 0.15) is 0 Å². The summed E-state index contributed by atoms with van der Waals surface area (Å²) in [4.78, 5) is 0. The van der Waals surface area contributed by atoms with Gasteiger partial charge in [-0.2, -0.15) is 0 Å². The van der Waals surface area contributed by atoms with Crippen LogP contribution >= 0.6 is 20.8 Å². The fourth-order valence-corrected chi connectivity index (χ4v) is 11.3. The standard InChI is InChI=1S/C22H22BrO2P/c23-26(18-22-24-16-17-25-22,19-10-4-1-5-11-19,20-12-6-2-7-13-20)21-14-8-3-9-15-21/h1-15,22H,16-18H2. The van der Waals surface area contributed by atoms with E-state index in [9.17, 15) is 0 Å². The third-order valence-electron chi connectivity index (χ3n) is 5.07. The van der Waals surface area contributed by atoms with Gasteiger partial charge in [-0.15, -0.1) is 0 Å². The van der Waals surface area contributed by atoms with Gasteiger partial charge in [0.2, 0.25) is 0 Å². The maximum atomic E-state index is 5.92. The van der Waals surface area contributed by atoms with Gasteiger partial charge in [-0.3, -0.25) is 0 Å². The van der Waals surface area contributed by atoms with Crippen LogP contribution in [0.5, 0.6) is 0 Å². The van der Waals surface area contributed by atoms with Crippen molar-refractivity contribution in [2.75, 3.05) is 19.4 Å². The Labute approximate surface area is 162 Å². The van der Waals surface area contributed by atoms with Crippen LogP contribution in [0.2, 0.25) is 0 Å². The molecular weight excluding hydrogens is 407 g/mol. The molecule has 4 rings (SSSR count). The Morgan fingerprint density at radius 2 is 1.00 bits per heavy atom. The molecule has 0 N–H and O–H groups in total. The van der Waals surface area contributed by atoms with Gasteiger partial charge in [0.05, 0.1) is 0 Å². The van der Waals surface area contributed by atoms with Gasteiger partial charge < -0.3 is 0 Å². The first-order valence-electron chi connectivity index (χ1n) is 8.85. The van der Waals surface area contributed by atoms with E-state index < -0.39 is 5.31 Å². The molecule has 0 amide bonds. The predicted molar refractivity (Wildman–Crippen MR) is 115 cm³/mol. The summed E-state index contributed by atoms with van der Waals surface area (Å²) in [7, 11) is 0. The zero-order chi connectivity index (χ0) is 17.9. The molecule has 134 valence electrons. The van der Waals surface area contributed by atoms with Crippen LogP contribution in [-0.2, 0) is 9.47 Å². The summed E-state index contributed by atoms with van der Waals surface area (Å²) < 4.78 is 11.8. The molecule has 0 aliphatic carbocycles. The molecule has 0 spiro atoms. The molecule has 3 aromatic carbocycles. The van der Waals surface area contributed by atoms with Crippen LogP contribution in [0, 0.1) is 0 Å². The van der Waals surface area contributed by atoms with E-state index in [1.165, 1.54) is 15.9 Å². The van der Waals surface area contributed by atoms with Gasteiger partial charge in [-0.25, -0.2) is 0 Å². The topological polar surface area (TPSA) is 18.5 Å². The Balaban J connectivity index is 2.03. The van der Waals surface area contributed by atoms with Crippen LogP contribution < -0.4 is 15.9 Å². The van der Waals surface area contributed by atoms with Crippen molar-refractivity contribution in [1.82, 2.24) is 0 Å². The average molecular weight is 429 g/mol. The minimum atomic E-state index is -2.94. The van der Waals surface area contributed by atoms with E-state index in [2.05, 4.69) is 106 Å². The van der Waals surface area contributed by atoms with E-state index in [1.807, 2.05) is 0 Å². The van der Waals surface area contributed by atoms with E-state index >= 15 is 0 Å². The van der Waals surface area contributed by atoms with Gasteiger partial charge >= 0.3 is 163 Å². The molecule has 4 heteroatoms. The Kier molecular flexibility index (Phi) is 4.98. The molecule has 0 saturated carbocycles. The molecule has 0 unspecified atom stereocenters. The van der Waals surface area contributed by atoms with Gasteiger partial charge in [0, 0.05) is 0 Å². The number of benzene rings is 3. The first-order chi connectivity index (χ1) is 12.7. The van der Waals surface area contributed by atoms with Crippen LogP contribution in [0.15, 0.2) is 91.0 Å². The fraction of sp³-hybridized carbons (Fsp3) is 0.182.